The molecular weight excluding hydrogens is 583 g/mol. The molecule has 0 fully saturated rings. The third-order valence-electron chi connectivity index (χ3n) is 6.61. The van der Waals surface area contributed by atoms with Crippen molar-refractivity contribution in [2.75, 3.05) is 7.11 Å². The molecule has 4 aromatic rings. The minimum atomic E-state index is -1.15. The number of ether oxygens (including phenoxy) is 2. The van der Waals surface area contributed by atoms with Gasteiger partial charge in [-0.25, -0.2) is 4.98 Å². The third-order valence-corrected chi connectivity index (χ3v) is 9.11. The van der Waals surface area contributed by atoms with Crippen molar-refractivity contribution >= 4 is 35.5 Å². The molecule has 0 bridgehead atoms. The second-order valence-electron chi connectivity index (χ2n) is 10.7. The number of esters is 1. The quantitative estimate of drug-likeness (QED) is 0.143. The maximum Gasteiger partial charge on any atom is 0.328 e. The average Bonchev–Trinajstić information content (AvgIpc) is 2.97. The molecule has 0 aliphatic rings. The number of hydrogen-bond donors (Lipinski definition) is 1. The molecule has 2 aromatic carbocycles. The van der Waals surface area contributed by atoms with Gasteiger partial charge in [-0.1, -0.05) is 18.2 Å². The Labute approximate surface area is 259 Å². The molecule has 220 valence electrons. The lowest BCUT2D eigenvalue weighted by Gasteiger charge is -2.25. The smallest absolute Gasteiger partial charge is 0.328 e. The molecule has 0 atom stereocenters. The van der Waals surface area contributed by atoms with Crippen molar-refractivity contribution in [3.05, 3.63) is 84.3 Å². The van der Waals surface area contributed by atoms with Crippen LogP contribution in [0.3, 0.4) is 0 Å². The number of nitriles is 1. The molecule has 0 aliphatic carbocycles. The number of carboxylic acid groups (broad SMARTS) is 1. The first-order chi connectivity index (χ1) is 20.4. The minimum absolute atomic E-state index is 0.0768. The number of pyridine rings is 2. The molecule has 0 saturated heterocycles. The van der Waals surface area contributed by atoms with Crippen LogP contribution in [0.2, 0.25) is 0 Å². The number of carbonyl (C=O) groups is 2. The number of carbonyl (C=O) groups excluding carboxylic acids is 1. The Morgan fingerprint density at radius 3 is 2.21 bits per heavy atom. The Kier molecular flexibility index (Phi) is 9.48. The summed E-state index contributed by atoms with van der Waals surface area (Å²) in [6.45, 7) is 8.71. The monoisotopic (exact) mass is 613 g/mol. The van der Waals surface area contributed by atoms with Gasteiger partial charge in [-0.3, -0.25) is 14.6 Å². The Bertz CT molecular complexity index is 1710. The molecule has 4 rings (SSSR count). The van der Waals surface area contributed by atoms with E-state index in [0.29, 0.717) is 27.3 Å². The van der Waals surface area contributed by atoms with Gasteiger partial charge in [-0.15, -0.1) is 23.5 Å². The van der Waals surface area contributed by atoms with Crippen LogP contribution >= 0.6 is 23.5 Å². The summed E-state index contributed by atoms with van der Waals surface area (Å²) in [6.07, 6.45) is 4.91. The fourth-order valence-electron chi connectivity index (χ4n) is 4.17. The molecule has 2 heterocycles. The van der Waals surface area contributed by atoms with Gasteiger partial charge >= 0.3 is 11.9 Å². The van der Waals surface area contributed by atoms with E-state index in [-0.39, 0.29) is 5.88 Å². The van der Waals surface area contributed by atoms with E-state index in [2.05, 4.69) is 16.0 Å². The molecule has 43 heavy (non-hydrogen) atoms. The predicted molar refractivity (Wildman–Crippen MR) is 168 cm³/mol. The van der Waals surface area contributed by atoms with Crippen LogP contribution in [0.1, 0.15) is 38.8 Å². The van der Waals surface area contributed by atoms with Crippen molar-refractivity contribution in [3.63, 3.8) is 0 Å². The average molecular weight is 614 g/mol. The maximum absolute atomic E-state index is 13.8. The first-order valence-electron chi connectivity index (χ1n) is 13.3. The largest absolute Gasteiger partial charge is 0.497 e. The van der Waals surface area contributed by atoms with Crippen LogP contribution < -0.4 is 9.47 Å². The summed E-state index contributed by atoms with van der Waals surface area (Å²) in [4.78, 5) is 35.8. The van der Waals surface area contributed by atoms with E-state index in [1.54, 1.807) is 71.5 Å². The topological polar surface area (TPSA) is 122 Å². The lowest BCUT2D eigenvalue weighted by molar-refractivity contribution is -0.139. The lowest BCUT2D eigenvalue weighted by Crippen LogP contribution is -2.33. The number of hydrogen-bond acceptors (Lipinski definition) is 9. The van der Waals surface area contributed by atoms with E-state index in [4.69, 9.17) is 9.47 Å². The number of thioether (sulfide) groups is 2. The van der Waals surface area contributed by atoms with E-state index >= 15 is 0 Å². The number of rotatable bonds is 10. The summed E-state index contributed by atoms with van der Waals surface area (Å²) in [6, 6.07) is 18.4. The number of benzene rings is 2. The first-order valence-corrected chi connectivity index (χ1v) is 14.9. The van der Waals surface area contributed by atoms with Crippen LogP contribution in [0, 0.1) is 18.3 Å². The number of aromatic nitrogens is 2. The predicted octanol–water partition coefficient (Wildman–Crippen LogP) is 7.43. The summed E-state index contributed by atoms with van der Waals surface area (Å²) < 4.78 is 9.08. The number of carboxylic acids is 1. The zero-order chi connectivity index (χ0) is 31.4. The Morgan fingerprint density at radius 1 is 0.907 bits per heavy atom. The highest BCUT2D eigenvalue weighted by Crippen LogP contribution is 2.44. The van der Waals surface area contributed by atoms with E-state index < -0.39 is 21.4 Å². The number of aryl methyl sites for hydroxylation is 1. The van der Waals surface area contributed by atoms with Crippen LogP contribution in [-0.4, -0.2) is 43.6 Å². The van der Waals surface area contributed by atoms with E-state index in [1.165, 1.54) is 18.0 Å². The lowest BCUT2D eigenvalue weighted by atomic mass is 10.00. The van der Waals surface area contributed by atoms with Crippen LogP contribution in [0.25, 0.3) is 22.3 Å². The van der Waals surface area contributed by atoms with Crippen LogP contribution in [0.5, 0.6) is 11.6 Å². The fraction of sp³-hybridized carbons (Fsp3) is 0.242. The summed E-state index contributed by atoms with van der Waals surface area (Å²) >= 11 is 2.48. The zero-order valence-electron chi connectivity index (χ0n) is 24.7. The number of nitrogens with zero attached hydrogens (tertiary/aromatic N) is 3. The molecule has 0 spiro atoms. The minimum Gasteiger partial charge on any atom is -0.497 e. The molecule has 2 aromatic heterocycles. The van der Waals surface area contributed by atoms with Gasteiger partial charge in [0.2, 0.25) is 5.88 Å². The number of methoxy groups -OCH3 is 1. The van der Waals surface area contributed by atoms with Gasteiger partial charge in [0.25, 0.3) is 0 Å². The van der Waals surface area contributed by atoms with Crippen molar-refractivity contribution in [1.82, 2.24) is 9.97 Å². The molecule has 1 N–H and O–H groups in total. The van der Waals surface area contributed by atoms with Gasteiger partial charge in [0, 0.05) is 33.9 Å². The van der Waals surface area contributed by atoms with Crippen LogP contribution in [0.15, 0.2) is 83.0 Å². The highest BCUT2D eigenvalue weighted by Gasteiger charge is 2.35. The van der Waals surface area contributed by atoms with Crippen molar-refractivity contribution in [1.29, 1.82) is 5.26 Å². The number of aliphatic carboxylic acids is 1. The van der Waals surface area contributed by atoms with Crippen LogP contribution in [0.4, 0.5) is 0 Å². The van der Waals surface area contributed by atoms with Crippen molar-refractivity contribution < 1.29 is 24.2 Å². The second kappa shape index (κ2) is 12.9. The molecule has 0 saturated carbocycles. The molecule has 8 nitrogen and oxygen atoms in total. The Hall–Kier alpha value is -4.33. The highest BCUT2D eigenvalue weighted by atomic mass is 32.2. The van der Waals surface area contributed by atoms with Gasteiger partial charge < -0.3 is 14.6 Å². The van der Waals surface area contributed by atoms with E-state index in [0.717, 1.165) is 33.3 Å². The zero-order valence-corrected chi connectivity index (χ0v) is 26.3. The Balaban J connectivity index is 1.70. The fourth-order valence-corrected chi connectivity index (χ4v) is 6.32. The van der Waals surface area contributed by atoms with Crippen molar-refractivity contribution in [2.45, 2.75) is 53.9 Å². The third kappa shape index (κ3) is 7.19. The molecule has 0 unspecified atom stereocenters. The summed E-state index contributed by atoms with van der Waals surface area (Å²) in [5.74, 6) is -0.780. The molecular formula is C33H31N3O5S2. The highest BCUT2D eigenvalue weighted by molar-refractivity contribution is 8.01. The van der Waals surface area contributed by atoms with Gasteiger partial charge in [0.15, 0.2) is 0 Å². The molecule has 0 amide bonds. The van der Waals surface area contributed by atoms with E-state index in [1.807, 2.05) is 37.3 Å². The van der Waals surface area contributed by atoms with Gasteiger partial charge in [0.05, 0.1) is 24.3 Å². The summed E-state index contributed by atoms with van der Waals surface area (Å²) in [5.41, 5.74) is 4.43. The Morgan fingerprint density at radius 2 is 1.58 bits per heavy atom. The molecule has 10 heteroatoms. The standard InChI is InChI=1S/C33H31N3O5S2/c1-20-17-21(18-34)7-12-24(20)25-19-35-15-13-26(25)42-33(4,5)31(39)41-29-28(22-8-10-23(40-6)11-9-22)27(14-16-36-29)43-32(2,3)30(37)38/h7-17,19H,1-6H3,(H,37,38). The second-order valence-corrected chi connectivity index (χ2v) is 14.0. The molecule has 0 aliphatic heterocycles. The van der Waals surface area contributed by atoms with Crippen molar-refractivity contribution in [2.24, 2.45) is 0 Å². The normalized spacial score (nSPS) is 11.5. The molecule has 0 radical (unpaired) electrons. The van der Waals surface area contributed by atoms with Gasteiger partial charge in [-0.05, 0) is 87.7 Å². The van der Waals surface area contributed by atoms with Gasteiger partial charge in [-0.2, -0.15) is 5.26 Å². The summed E-state index contributed by atoms with van der Waals surface area (Å²) in [7, 11) is 1.57. The SMILES string of the molecule is COc1ccc(-c2c(SC(C)(C)C(=O)O)ccnc2OC(=O)C(C)(C)Sc2ccncc2-c2ccc(C#N)cc2C)cc1. The first kappa shape index (κ1) is 31.6. The van der Waals surface area contributed by atoms with Gasteiger partial charge in [0.1, 0.15) is 15.2 Å². The van der Waals surface area contributed by atoms with Crippen LogP contribution in [-0.2, 0) is 9.59 Å². The summed E-state index contributed by atoms with van der Waals surface area (Å²) in [5, 5.41) is 19.1. The van der Waals surface area contributed by atoms with E-state index in [9.17, 15) is 20.0 Å². The van der Waals surface area contributed by atoms with Crippen molar-refractivity contribution in [3.8, 4) is 40.0 Å². The maximum atomic E-state index is 13.8.